The lowest BCUT2D eigenvalue weighted by atomic mass is 10.2. The van der Waals surface area contributed by atoms with Crippen LogP contribution >= 0.6 is 11.6 Å². The van der Waals surface area contributed by atoms with Crippen molar-refractivity contribution in [2.75, 3.05) is 11.8 Å². The number of sulfonamides is 1. The smallest absolute Gasteiger partial charge is 0.265 e. The standard InChI is InChI=1S/C15H12ClN3O3S/c1-22-14-6-5-10(16)7-15(14)23(20,21)19-13-4-2-3-12-11(13)8-17-9-18-12/h2-9,19H,1H3. The van der Waals surface area contributed by atoms with Gasteiger partial charge in [-0.15, -0.1) is 0 Å². The normalized spacial score (nSPS) is 11.4. The molecule has 8 heteroatoms. The van der Waals surface area contributed by atoms with Gasteiger partial charge in [0.25, 0.3) is 10.0 Å². The zero-order valence-corrected chi connectivity index (χ0v) is 13.6. The molecule has 3 aromatic rings. The Morgan fingerprint density at radius 2 is 2.04 bits per heavy atom. The fraction of sp³-hybridized carbons (Fsp3) is 0.0667. The van der Waals surface area contributed by atoms with Gasteiger partial charge in [-0.3, -0.25) is 4.72 Å². The second kappa shape index (κ2) is 6.02. The summed E-state index contributed by atoms with van der Waals surface area (Å²) in [5, 5.41) is 0.895. The van der Waals surface area contributed by atoms with Crippen molar-refractivity contribution in [2.24, 2.45) is 0 Å². The zero-order valence-electron chi connectivity index (χ0n) is 12.0. The maximum atomic E-state index is 12.7. The molecule has 118 valence electrons. The molecular formula is C15H12ClN3O3S. The minimum absolute atomic E-state index is 0.0404. The minimum atomic E-state index is -3.89. The second-order valence-electron chi connectivity index (χ2n) is 4.66. The van der Waals surface area contributed by atoms with Gasteiger partial charge in [0.05, 0.1) is 18.3 Å². The first-order chi connectivity index (χ1) is 11.0. The van der Waals surface area contributed by atoms with E-state index < -0.39 is 10.0 Å². The quantitative estimate of drug-likeness (QED) is 0.782. The lowest BCUT2D eigenvalue weighted by Gasteiger charge is -2.13. The van der Waals surface area contributed by atoms with Crippen molar-refractivity contribution in [2.45, 2.75) is 4.90 Å². The van der Waals surface area contributed by atoms with E-state index in [1.807, 2.05) is 0 Å². The molecule has 0 unspecified atom stereocenters. The number of nitrogens with zero attached hydrogens (tertiary/aromatic N) is 2. The highest BCUT2D eigenvalue weighted by Crippen LogP contribution is 2.30. The van der Waals surface area contributed by atoms with Gasteiger partial charge in [0.2, 0.25) is 0 Å². The number of rotatable bonds is 4. The Kier molecular flexibility index (Phi) is 4.06. The summed E-state index contributed by atoms with van der Waals surface area (Å²) in [7, 11) is -2.49. The molecular weight excluding hydrogens is 338 g/mol. The van der Waals surface area contributed by atoms with E-state index in [0.717, 1.165) is 0 Å². The molecule has 0 aliphatic carbocycles. The van der Waals surface area contributed by atoms with Crippen molar-refractivity contribution in [1.82, 2.24) is 9.97 Å². The van der Waals surface area contributed by atoms with E-state index in [4.69, 9.17) is 16.3 Å². The molecule has 1 heterocycles. The van der Waals surface area contributed by atoms with Crippen LogP contribution in [0.3, 0.4) is 0 Å². The first-order valence-electron chi connectivity index (χ1n) is 6.56. The van der Waals surface area contributed by atoms with Gasteiger partial charge in [-0.2, -0.15) is 0 Å². The number of halogens is 1. The molecule has 0 saturated heterocycles. The maximum Gasteiger partial charge on any atom is 0.265 e. The molecule has 1 N–H and O–H groups in total. The molecule has 23 heavy (non-hydrogen) atoms. The van der Waals surface area contributed by atoms with Crippen LogP contribution in [-0.2, 0) is 10.0 Å². The Morgan fingerprint density at radius 3 is 2.83 bits per heavy atom. The molecule has 1 aromatic heterocycles. The molecule has 0 bridgehead atoms. The number of methoxy groups -OCH3 is 1. The Labute approximate surface area is 138 Å². The molecule has 0 amide bonds. The van der Waals surface area contributed by atoms with Crippen molar-refractivity contribution in [3.8, 4) is 5.75 Å². The van der Waals surface area contributed by atoms with E-state index in [1.165, 1.54) is 25.6 Å². The highest BCUT2D eigenvalue weighted by Gasteiger charge is 2.21. The van der Waals surface area contributed by atoms with Crippen LogP contribution in [0.25, 0.3) is 10.9 Å². The number of ether oxygens (including phenoxy) is 1. The van der Waals surface area contributed by atoms with E-state index >= 15 is 0 Å². The highest BCUT2D eigenvalue weighted by atomic mass is 35.5. The van der Waals surface area contributed by atoms with Crippen LogP contribution in [0.2, 0.25) is 5.02 Å². The Bertz CT molecular complexity index is 971. The van der Waals surface area contributed by atoms with Gasteiger partial charge in [0, 0.05) is 16.6 Å². The lowest BCUT2D eigenvalue weighted by molar-refractivity contribution is 0.403. The topological polar surface area (TPSA) is 81.2 Å². The third-order valence-corrected chi connectivity index (χ3v) is 4.83. The summed E-state index contributed by atoms with van der Waals surface area (Å²) in [4.78, 5) is 7.99. The van der Waals surface area contributed by atoms with Gasteiger partial charge in [-0.25, -0.2) is 18.4 Å². The Morgan fingerprint density at radius 1 is 1.22 bits per heavy atom. The van der Waals surface area contributed by atoms with Crippen LogP contribution in [0.1, 0.15) is 0 Å². The highest BCUT2D eigenvalue weighted by molar-refractivity contribution is 7.92. The number of aromatic nitrogens is 2. The van der Waals surface area contributed by atoms with E-state index in [-0.39, 0.29) is 10.6 Å². The van der Waals surface area contributed by atoms with Crippen molar-refractivity contribution in [1.29, 1.82) is 0 Å². The number of nitrogens with one attached hydrogen (secondary N) is 1. The Hall–Kier alpha value is -2.38. The van der Waals surface area contributed by atoms with Gasteiger partial charge < -0.3 is 4.74 Å². The SMILES string of the molecule is COc1ccc(Cl)cc1S(=O)(=O)Nc1cccc2ncncc12. The molecule has 0 aliphatic heterocycles. The van der Waals surface area contributed by atoms with Crippen LogP contribution in [0.15, 0.2) is 53.8 Å². The third kappa shape index (κ3) is 3.06. The monoisotopic (exact) mass is 349 g/mol. The van der Waals surface area contributed by atoms with E-state index in [1.54, 1.807) is 30.5 Å². The lowest BCUT2D eigenvalue weighted by Crippen LogP contribution is -2.14. The molecule has 0 radical (unpaired) electrons. The largest absolute Gasteiger partial charge is 0.495 e. The molecule has 0 atom stereocenters. The molecule has 0 saturated carbocycles. The van der Waals surface area contributed by atoms with Crippen LogP contribution in [0.5, 0.6) is 5.75 Å². The van der Waals surface area contributed by atoms with Crippen molar-refractivity contribution in [3.63, 3.8) is 0 Å². The average Bonchev–Trinajstić information content (AvgIpc) is 2.55. The molecule has 0 fully saturated rings. The predicted octanol–water partition coefficient (Wildman–Crippen LogP) is 3.09. The molecule has 6 nitrogen and oxygen atoms in total. The van der Waals surface area contributed by atoms with Crippen molar-refractivity contribution >= 4 is 38.2 Å². The summed E-state index contributed by atoms with van der Waals surface area (Å²) < 4.78 is 33.0. The number of hydrogen-bond donors (Lipinski definition) is 1. The summed E-state index contributed by atoms with van der Waals surface area (Å²) in [6.07, 6.45) is 2.95. The van der Waals surface area contributed by atoms with Crippen molar-refractivity contribution < 1.29 is 13.2 Å². The Balaban J connectivity index is 2.09. The van der Waals surface area contributed by atoms with E-state index in [9.17, 15) is 8.42 Å². The molecule has 3 rings (SSSR count). The molecule has 0 aliphatic rings. The number of fused-ring (bicyclic) bond motifs is 1. The van der Waals surface area contributed by atoms with E-state index in [2.05, 4.69) is 14.7 Å². The zero-order chi connectivity index (χ0) is 16.4. The van der Waals surface area contributed by atoms with Crippen LogP contribution in [0, 0.1) is 0 Å². The summed E-state index contributed by atoms with van der Waals surface area (Å²) in [5.74, 6) is 0.207. The summed E-state index contributed by atoms with van der Waals surface area (Å²) >= 11 is 5.91. The number of anilines is 1. The average molecular weight is 350 g/mol. The number of hydrogen-bond acceptors (Lipinski definition) is 5. The first-order valence-corrected chi connectivity index (χ1v) is 8.42. The molecule has 2 aromatic carbocycles. The first kappa shape index (κ1) is 15.5. The number of benzene rings is 2. The summed E-state index contributed by atoms with van der Waals surface area (Å²) in [6, 6.07) is 9.52. The third-order valence-electron chi connectivity index (χ3n) is 3.21. The summed E-state index contributed by atoms with van der Waals surface area (Å²) in [5.41, 5.74) is 1.02. The van der Waals surface area contributed by atoms with Crippen LogP contribution in [-0.4, -0.2) is 25.5 Å². The van der Waals surface area contributed by atoms with E-state index in [0.29, 0.717) is 21.6 Å². The van der Waals surface area contributed by atoms with Gasteiger partial charge in [0.1, 0.15) is 17.0 Å². The fourth-order valence-electron chi connectivity index (χ4n) is 2.15. The van der Waals surface area contributed by atoms with Crippen molar-refractivity contribution in [3.05, 3.63) is 53.9 Å². The predicted molar refractivity (Wildman–Crippen MR) is 88.4 cm³/mol. The maximum absolute atomic E-state index is 12.7. The van der Waals surface area contributed by atoms with Gasteiger partial charge in [-0.05, 0) is 30.3 Å². The summed E-state index contributed by atoms with van der Waals surface area (Å²) in [6.45, 7) is 0. The van der Waals surface area contributed by atoms with Gasteiger partial charge in [-0.1, -0.05) is 17.7 Å². The van der Waals surface area contributed by atoms with Crippen LogP contribution < -0.4 is 9.46 Å². The van der Waals surface area contributed by atoms with Gasteiger partial charge >= 0.3 is 0 Å². The second-order valence-corrected chi connectivity index (χ2v) is 6.75. The van der Waals surface area contributed by atoms with Crippen LogP contribution in [0.4, 0.5) is 5.69 Å². The fourth-order valence-corrected chi connectivity index (χ4v) is 3.67. The molecule has 0 spiro atoms. The minimum Gasteiger partial charge on any atom is -0.495 e. The van der Waals surface area contributed by atoms with Gasteiger partial charge in [0.15, 0.2) is 0 Å².